The minimum atomic E-state index is -0.538. The van der Waals surface area contributed by atoms with Crippen LogP contribution in [0.2, 0.25) is 0 Å². The summed E-state index contributed by atoms with van der Waals surface area (Å²) in [7, 11) is 0. The fraction of sp³-hybridized carbons (Fsp3) is 0.500. The highest BCUT2D eigenvalue weighted by Gasteiger charge is 2.20. The Morgan fingerprint density at radius 1 is 1.50 bits per heavy atom. The molecule has 18 heavy (non-hydrogen) atoms. The van der Waals surface area contributed by atoms with Crippen LogP contribution >= 0.6 is 0 Å². The predicted octanol–water partition coefficient (Wildman–Crippen LogP) is 0.719. The highest BCUT2D eigenvalue weighted by Crippen LogP contribution is 2.12. The Labute approximate surface area is 105 Å². The van der Waals surface area contributed by atoms with Gasteiger partial charge in [-0.3, -0.25) is 4.79 Å². The van der Waals surface area contributed by atoms with E-state index in [1.54, 1.807) is 0 Å². The number of aryl methyl sites for hydroxylation is 1. The van der Waals surface area contributed by atoms with E-state index in [-0.39, 0.29) is 11.6 Å². The molecule has 6 nitrogen and oxygen atoms in total. The maximum atomic E-state index is 11.8. The Hall–Kier alpha value is -1.98. The summed E-state index contributed by atoms with van der Waals surface area (Å²) in [5, 5.41) is 10.5. The Morgan fingerprint density at radius 3 is 3.11 bits per heavy atom. The molecule has 0 atom stereocenters. The number of carbonyl (C=O) groups excluding carboxylic acids is 2. The monoisotopic (exact) mass is 249 g/mol. The third-order valence-electron chi connectivity index (χ3n) is 2.64. The van der Waals surface area contributed by atoms with Gasteiger partial charge >= 0.3 is 5.97 Å². The first kappa shape index (κ1) is 12.5. The third-order valence-corrected chi connectivity index (χ3v) is 2.64. The van der Waals surface area contributed by atoms with Crippen LogP contribution in [0.1, 0.15) is 46.3 Å². The molecule has 6 heteroatoms. The molecule has 1 aliphatic heterocycles. The van der Waals surface area contributed by atoms with Crippen molar-refractivity contribution in [2.75, 3.05) is 13.2 Å². The molecular weight excluding hydrogens is 234 g/mol. The lowest BCUT2D eigenvalue weighted by molar-refractivity contribution is 0.0496. The maximum Gasteiger partial charge on any atom is 0.358 e. The molecule has 1 aliphatic rings. The molecule has 1 aromatic heterocycles. The summed E-state index contributed by atoms with van der Waals surface area (Å²) in [5.74, 6) is -0.744. The highest BCUT2D eigenvalue weighted by molar-refractivity contribution is 5.98. The molecule has 1 aromatic rings. The van der Waals surface area contributed by atoms with Crippen molar-refractivity contribution < 1.29 is 14.3 Å². The lowest BCUT2D eigenvalue weighted by atomic mass is 10.1. The van der Waals surface area contributed by atoms with Gasteiger partial charge in [-0.15, -0.1) is 5.10 Å². The van der Waals surface area contributed by atoms with Gasteiger partial charge in [-0.2, -0.15) is 5.10 Å². The number of ether oxygens (including phenoxy) is 1. The molecule has 0 aliphatic carbocycles. The molecule has 1 N–H and O–H groups in total. The molecule has 2 heterocycles. The molecule has 0 aromatic carbocycles. The van der Waals surface area contributed by atoms with E-state index in [1.165, 1.54) is 6.07 Å². The Bertz CT molecular complexity index is 474. The van der Waals surface area contributed by atoms with Crippen molar-refractivity contribution >= 4 is 11.9 Å². The first-order valence-electron chi connectivity index (χ1n) is 6.04. The third kappa shape index (κ3) is 2.64. The van der Waals surface area contributed by atoms with Gasteiger partial charge < -0.3 is 10.1 Å². The van der Waals surface area contributed by atoms with Gasteiger partial charge in [-0.05, 0) is 25.3 Å². The minimum absolute atomic E-state index is 0.0826. The van der Waals surface area contributed by atoms with E-state index in [0.29, 0.717) is 30.8 Å². The van der Waals surface area contributed by atoms with Crippen molar-refractivity contribution in [3.63, 3.8) is 0 Å². The normalized spacial score (nSPS) is 14.4. The first-order valence-corrected chi connectivity index (χ1v) is 6.04. The molecule has 0 saturated heterocycles. The lowest BCUT2D eigenvalue weighted by Gasteiger charge is -2.05. The number of nitrogens with one attached hydrogen (secondary N) is 1. The summed E-state index contributed by atoms with van der Waals surface area (Å²) in [5.41, 5.74) is 1.14. The van der Waals surface area contributed by atoms with Crippen LogP contribution in [-0.2, 0) is 11.2 Å². The summed E-state index contributed by atoms with van der Waals surface area (Å²) < 4.78 is 4.96. The van der Waals surface area contributed by atoms with Gasteiger partial charge in [0.15, 0.2) is 5.69 Å². The van der Waals surface area contributed by atoms with E-state index in [0.717, 1.165) is 12.8 Å². The van der Waals surface area contributed by atoms with E-state index in [4.69, 9.17) is 4.74 Å². The number of aromatic nitrogens is 2. The first-order chi connectivity index (χ1) is 8.72. The summed E-state index contributed by atoms with van der Waals surface area (Å²) in [6, 6.07) is 1.46. The Morgan fingerprint density at radius 2 is 2.33 bits per heavy atom. The van der Waals surface area contributed by atoms with Crippen LogP contribution in [0.15, 0.2) is 6.07 Å². The van der Waals surface area contributed by atoms with Crippen LogP contribution in [0.5, 0.6) is 0 Å². The van der Waals surface area contributed by atoms with E-state index < -0.39 is 5.97 Å². The molecule has 0 spiro atoms. The zero-order chi connectivity index (χ0) is 13.0. The van der Waals surface area contributed by atoms with Crippen molar-refractivity contribution in [1.29, 1.82) is 0 Å². The molecule has 1 amide bonds. The molecule has 96 valence electrons. The van der Waals surface area contributed by atoms with Crippen LogP contribution in [0.3, 0.4) is 0 Å². The van der Waals surface area contributed by atoms with Gasteiger partial charge in [0.2, 0.25) is 0 Å². The number of nitrogens with zero attached hydrogens (tertiary/aromatic N) is 2. The van der Waals surface area contributed by atoms with Crippen molar-refractivity contribution in [3.05, 3.63) is 23.0 Å². The number of rotatable bonds is 3. The molecular formula is C12H15N3O3. The largest absolute Gasteiger partial charge is 0.461 e. The quantitative estimate of drug-likeness (QED) is 0.798. The van der Waals surface area contributed by atoms with E-state index >= 15 is 0 Å². The molecule has 0 unspecified atom stereocenters. The second kappa shape index (κ2) is 5.57. The van der Waals surface area contributed by atoms with Crippen molar-refractivity contribution in [2.24, 2.45) is 0 Å². The van der Waals surface area contributed by atoms with Crippen LogP contribution in [0.4, 0.5) is 0 Å². The molecule has 0 saturated carbocycles. The maximum absolute atomic E-state index is 11.8. The second-order valence-electron chi connectivity index (χ2n) is 4.09. The number of hydrogen-bond acceptors (Lipinski definition) is 5. The van der Waals surface area contributed by atoms with Crippen LogP contribution in [0.25, 0.3) is 0 Å². The number of hydrogen-bond donors (Lipinski definition) is 1. The Kier molecular flexibility index (Phi) is 3.86. The fourth-order valence-corrected chi connectivity index (χ4v) is 1.72. The van der Waals surface area contributed by atoms with Gasteiger partial charge in [-0.25, -0.2) is 4.79 Å². The lowest BCUT2D eigenvalue weighted by Crippen LogP contribution is -2.23. The average molecular weight is 249 g/mol. The summed E-state index contributed by atoms with van der Waals surface area (Å²) in [4.78, 5) is 23.4. The number of carbonyl (C=O) groups is 2. The van der Waals surface area contributed by atoms with Gasteiger partial charge in [0, 0.05) is 6.54 Å². The number of amides is 1. The summed E-state index contributed by atoms with van der Waals surface area (Å²) in [6.07, 6.45) is 2.25. The molecule has 2 rings (SSSR count). The topological polar surface area (TPSA) is 81.2 Å². The fourth-order valence-electron chi connectivity index (χ4n) is 1.72. The van der Waals surface area contributed by atoms with Gasteiger partial charge in [0.1, 0.15) is 0 Å². The standard InChI is InChI=1S/C12H15N3O3/c1-2-6-18-12(17)10-7-8-9(14-15-10)4-3-5-13-11(8)16/h7H,2-6H2,1H3,(H,13,16). The van der Waals surface area contributed by atoms with Crippen molar-refractivity contribution in [1.82, 2.24) is 15.5 Å². The van der Waals surface area contributed by atoms with Crippen molar-refractivity contribution in [3.8, 4) is 0 Å². The Balaban J connectivity index is 2.25. The van der Waals surface area contributed by atoms with Crippen LogP contribution in [0, 0.1) is 0 Å². The van der Waals surface area contributed by atoms with Crippen molar-refractivity contribution in [2.45, 2.75) is 26.2 Å². The average Bonchev–Trinajstić information content (AvgIpc) is 2.58. The van der Waals surface area contributed by atoms with E-state index in [2.05, 4.69) is 15.5 Å². The summed E-state index contributed by atoms with van der Waals surface area (Å²) in [6.45, 7) is 2.86. The van der Waals surface area contributed by atoms with E-state index in [9.17, 15) is 9.59 Å². The van der Waals surface area contributed by atoms with Gasteiger partial charge in [-0.1, -0.05) is 6.92 Å². The predicted molar refractivity (Wildman–Crippen MR) is 63.3 cm³/mol. The molecule has 0 fully saturated rings. The summed E-state index contributed by atoms with van der Waals surface area (Å²) >= 11 is 0. The van der Waals surface area contributed by atoms with E-state index in [1.807, 2.05) is 6.92 Å². The zero-order valence-corrected chi connectivity index (χ0v) is 10.2. The number of esters is 1. The zero-order valence-electron chi connectivity index (χ0n) is 10.2. The van der Waals surface area contributed by atoms with Crippen LogP contribution in [-0.4, -0.2) is 35.2 Å². The highest BCUT2D eigenvalue weighted by atomic mass is 16.5. The van der Waals surface area contributed by atoms with Gasteiger partial charge in [0.25, 0.3) is 5.91 Å². The molecule has 0 bridgehead atoms. The SMILES string of the molecule is CCCOC(=O)c1cc2c(nn1)CCCNC2=O. The molecule has 0 radical (unpaired) electrons. The van der Waals surface area contributed by atoms with Crippen LogP contribution < -0.4 is 5.32 Å². The minimum Gasteiger partial charge on any atom is -0.461 e. The van der Waals surface area contributed by atoms with Gasteiger partial charge in [0.05, 0.1) is 17.9 Å². The smallest absolute Gasteiger partial charge is 0.358 e. The number of fused-ring (bicyclic) bond motifs is 1. The second-order valence-corrected chi connectivity index (χ2v) is 4.09.